The van der Waals surface area contributed by atoms with E-state index in [4.69, 9.17) is 5.73 Å². The number of nitrogens with zero attached hydrogens (tertiary/aromatic N) is 1. The first-order chi connectivity index (χ1) is 6.20. The quantitative estimate of drug-likeness (QED) is 0.709. The van der Waals surface area contributed by atoms with Crippen molar-refractivity contribution < 1.29 is 4.79 Å². The van der Waals surface area contributed by atoms with Crippen molar-refractivity contribution in [2.45, 2.75) is 25.8 Å². The van der Waals surface area contributed by atoms with E-state index in [0.717, 1.165) is 6.42 Å². The van der Waals surface area contributed by atoms with Gasteiger partial charge in [0.1, 0.15) is 0 Å². The van der Waals surface area contributed by atoms with E-state index in [9.17, 15) is 4.79 Å². The van der Waals surface area contributed by atoms with Gasteiger partial charge >= 0.3 is 0 Å². The van der Waals surface area contributed by atoms with Gasteiger partial charge in [-0.25, -0.2) is 0 Å². The maximum Gasteiger partial charge on any atom is 0.164 e. The van der Waals surface area contributed by atoms with Crippen molar-refractivity contribution in [3.63, 3.8) is 0 Å². The summed E-state index contributed by atoms with van der Waals surface area (Å²) in [5.41, 5.74) is 6.22. The minimum absolute atomic E-state index is 0.0839. The van der Waals surface area contributed by atoms with Crippen LogP contribution in [0.4, 0.5) is 0 Å². The summed E-state index contributed by atoms with van der Waals surface area (Å²) in [6.07, 6.45) is 4.48. The highest BCUT2D eigenvalue weighted by molar-refractivity contribution is 5.95. The number of rotatable bonds is 4. The third-order valence-electron chi connectivity index (χ3n) is 1.81. The SMILES string of the molecule is CC(N)CCC(=O)c1cccnc1. The van der Waals surface area contributed by atoms with Crippen molar-refractivity contribution in [2.75, 3.05) is 0 Å². The van der Waals surface area contributed by atoms with Gasteiger partial charge in [-0.15, -0.1) is 0 Å². The lowest BCUT2D eigenvalue weighted by atomic mass is 10.1. The first-order valence-electron chi connectivity index (χ1n) is 4.39. The number of carbonyl (C=O) groups excluding carboxylic acids is 1. The standard InChI is InChI=1S/C10H14N2O/c1-8(11)4-5-10(13)9-3-2-6-12-7-9/h2-3,6-8H,4-5,11H2,1H3. The number of Topliss-reactive ketones (excluding diaryl/α,β-unsaturated/α-hetero) is 1. The van der Waals surface area contributed by atoms with Gasteiger partial charge in [0.25, 0.3) is 0 Å². The Morgan fingerprint density at radius 1 is 1.69 bits per heavy atom. The van der Waals surface area contributed by atoms with Gasteiger partial charge in [-0.2, -0.15) is 0 Å². The fraction of sp³-hybridized carbons (Fsp3) is 0.400. The average Bonchev–Trinajstić information content (AvgIpc) is 2.15. The van der Waals surface area contributed by atoms with Crippen molar-refractivity contribution in [3.05, 3.63) is 30.1 Å². The van der Waals surface area contributed by atoms with E-state index in [1.807, 2.05) is 6.92 Å². The Bertz CT molecular complexity index is 270. The van der Waals surface area contributed by atoms with Crippen LogP contribution in [-0.2, 0) is 0 Å². The number of hydrogen-bond donors (Lipinski definition) is 1. The van der Waals surface area contributed by atoms with Crippen LogP contribution < -0.4 is 5.73 Å². The largest absolute Gasteiger partial charge is 0.328 e. The van der Waals surface area contributed by atoms with E-state index in [-0.39, 0.29) is 11.8 Å². The summed E-state index contributed by atoms with van der Waals surface area (Å²) in [6, 6.07) is 3.62. The zero-order valence-corrected chi connectivity index (χ0v) is 7.73. The molecule has 1 aromatic rings. The first kappa shape index (κ1) is 9.86. The van der Waals surface area contributed by atoms with Crippen LogP contribution >= 0.6 is 0 Å². The highest BCUT2D eigenvalue weighted by Gasteiger charge is 2.05. The van der Waals surface area contributed by atoms with E-state index in [0.29, 0.717) is 12.0 Å². The number of nitrogens with two attached hydrogens (primary N) is 1. The summed E-state index contributed by atoms with van der Waals surface area (Å²) in [6.45, 7) is 1.90. The lowest BCUT2D eigenvalue weighted by molar-refractivity contribution is 0.0977. The predicted molar refractivity (Wildman–Crippen MR) is 51.5 cm³/mol. The zero-order valence-electron chi connectivity index (χ0n) is 7.73. The molecule has 0 fully saturated rings. The van der Waals surface area contributed by atoms with Gasteiger partial charge in [0.05, 0.1) is 0 Å². The molecule has 1 unspecified atom stereocenters. The van der Waals surface area contributed by atoms with E-state index >= 15 is 0 Å². The number of carbonyl (C=O) groups is 1. The van der Waals surface area contributed by atoms with Crippen molar-refractivity contribution in [3.8, 4) is 0 Å². The molecule has 70 valence electrons. The van der Waals surface area contributed by atoms with Crippen molar-refractivity contribution in [2.24, 2.45) is 5.73 Å². The van der Waals surface area contributed by atoms with E-state index in [1.54, 1.807) is 24.5 Å². The monoisotopic (exact) mass is 178 g/mol. The van der Waals surface area contributed by atoms with Crippen LogP contribution in [0.3, 0.4) is 0 Å². The third-order valence-corrected chi connectivity index (χ3v) is 1.81. The van der Waals surface area contributed by atoms with Crippen molar-refractivity contribution in [1.82, 2.24) is 4.98 Å². The highest BCUT2D eigenvalue weighted by atomic mass is 16.1. The maximum atomic E-state index is 11.5. The minimum atomic E-state index is 0.0839. The molecule has 3 nitrogen and oxygen atoms in total. The second kappa shape index (κ2) is 4.72. The molecule has 0 aliphatic carbocycles. The van der Waals surface area contributed by atoms with Crippen LogP contribution in [0.15, 0.2) is 24.5 Å². The Hall–Kier alpha value is -1.22. The Balaban J connectivity index is 2.50. The Morgan fingerprint density at radius 3 is 3.00 bits per heavy atom. The van der Waals surface area contributed by atoms with Crippen LogP contribution in [0.1, 0.15) is 30.1 Å². The fourth-order valence-corrected chi connectivity index (χ4v) is 1.03. The van der Waals surface area contributed by atoms with Crippen LogP contribution in [-0.4, -0.2) is 16.8 Å². The maximum absolute atomic E-state index is 11.5. The lowest BCUT2D eigenvalue weighted by Crippen LogP contribution is -2.16. The van der Waals surface area contributed by atoms with Gasteiger partial charge < -0.3 is 5.73 Å². The van der Waals surface area contributed by atoms with Gasteiger partial charge in [-0.1, -0.05) is 0 Å². The second-order valence-corrected chi connectivity index (χ2v) is 3.18. The Morgan fingerprint density at radius 2 is 2.46 bits per heavy atom. The number of pyridine rings is 1. The first-order valence-corrected chi connectivity index (χ1v) is 4.39. The van der Waals surface area contributed by atoms with Gasteiger partial charge in [0.15, 0.2) is 5.78 Å². The summed E-state index contributed by atoms with van der Waals surface area (Å²) in [5, 5.41) is 0. The molecule has 0 aliphatic heterocycles. The molecule has 1 rings (SSSR count). The van der Waals surface area contributed by atoms with Crippen molar-refractivity contribution >= 4 is 5.78 Å². The van der Waals surface area contributed by atoms with Gasteiger partial charge in [0.2, 0.25) is 0 Å². The van der Waals surface area contributed by atoms with Crippen LogP contribution in [0, 0.1) is 0 Å². The number of aromatic nitrogens is 1. The summed E-state index contributed by atoms with van der Waals surface area (Å²) in [7, 11) is 0. The molecule has 0 aliphatic rings. The summed E-state index contributed by atoms with van der Waals surface area (Å²) in [5.74, 6) is 0.116. The van der Waals surface area contributed by atoms with Gasteiger partial charge in [-0.05, 0) is 25.5 Å². The van der Waals surface area contributed by atoms with Crippen molar-refractivity contribution in [1.29, 1.82) is 0 Å². The second-order valence-electron chi connectivity index (χ2n) is 3.18. The molecule has 1 heterocycles. The summed E-state index contributed by atoms with van der Waals surface area (Å²) in [4.78, 5) is 15.3. The van der Waals surface area contributed by atoms with Gasteiger partial charge in [-0.3, -0.25) is 9.78 Å². The highest BCUT2D eigenvalue weighted by Crippen LogP contribution is 2.04. The summed E-state index contributed by atoms with van der Waals surface area (Å²) < 4.78 is 0. The van der Waals surface area contributed by atoms with Crippen LogP contribution in [0.5, 0.6) is 0 Å². The lowest BCUT2D eigenvalue weighted by Gasteiger charge is -2.03. The molecule has 13 heavy (non-hydrogen) atoms. The Kier molecular flexibility index (Phi) is 3.58. The normalized spacial score (nSPS) is 12.5. The third kappa shape index (κ3) is 3.34. The average molecular weight is 178 g/mol. The Labute approximate surface area is 78.0 Å². The molecule has 0 radical (unpaired) electrons. The molecule has 3 heteroatoms. The van der Waals surface area contributed by atoms with E-state index < -0.39 is 0 Å². The van der Waals surface area contributed by atoms with E-state index in [2.05, 4.69) is 4.98 Å². The smallest absolute Gasteiger partial charge is 0.164 e. The van der Waals surface area contributed by atoms with E-state index in [1.165, 1.54) is 0 Å². The molecule has 0 saturated heterocycles. The number of hydrogen-bond acceptors (Lipinski definition) is 3. The molecule has 0 spiro atoms. The predicted octanol–water partition coefficient (Wildman–Crippen LogP) is 1.39. The molecular formula is C10H14N2O. The molecule has 0 amide bonds. The minimum Gasteiger partial charge on any atom is -0.328 e. The molecule has 0 bridgehead atoms. The van der Waals surface area contributed by atoms with Crippen LogP contribution in [0.2, 0.25) is 0 Å². The molecule has 1 atom stereocenters. The molecule has 1 aromatic heterocycles. The fourth-order valence-electron chi connectivity index (χ4n) is 1.03. The molecule has 2 N–H and O–H groups in total. The topological polar surface area (TPSA) is 56.0 Å². The van der Waals surface area contributed by atoms with Gasteiger partial charge in [0, 0.05) is 30.4 Å². The molecular weight excluding hydrogens is 164 g/mol. The molecule has 0 aromatic carbocycles. The zero-order chi connectivity index (χ0) is 9.68. The summed E-state index contributed by atoms with van der Waals surface area (Å²) >= 11 is 0. The molecule has 0 saturated carbocycles. The van der Waals surface area contributed by atoms with Crippen LogP contribution in [0.25, 0.3) is 0 Å². The number of ketones is 1.